The molecule has 0 aliphatic carbocycles. The number of Topliss-reactive ketones (excluding diaryl/α,β-unsaturated/α-hetero) is 1. The van der Waals surface area contributed by atoms with Gasteiger partial charge in [0, 0.05) is 11.3 Å². The van der Waals surface area contributed by atoms with Gasteiger partial charge in [0.15, 0.2) is 5.78 Å². The first-order chi connectivity index (χ1) is 15.7. The van der Waals surface area contributed by atoms with Crippen molar-refractivity contribution in [1.82, 2.24) is 0 Å². The van der Waals surface area contributed by atoms with Crippen molar-refractivity contribution < 1.29 is 4.79 Å². The smallest absolute Gasteiger partial charge is 0.172 e. The van der Waals surface area contributed by atoms with E-state index in [-0.39, 0.29) is 0 Å². The second-order valence-electron chi connectivity index (χ2n) is 10.0. The van der Waals surface area contributed by atoms with E-state index < -0.39 is 0 Å². The van der Waals surface area contributed by atoms with Gasteiger partial charge >= 0.3 is 0 Å². The van der Waals surface area contributed by atoms with Crippen molar-refractivity contribution in [3.05, 3.63) is 21.4 Å². The lowest BCUT2D eigenvalue weighted by atomic mass is 10.0. The van der Waals surface area contributed by atoms with E-state index in [9.17, 15) is 4.79 Å². The monoisotopic (exact) mass is 462 g/mol. The molecule has 1 nitrogen and oxygen atoms in total. The largest absolute Gasteiger partial charge is 0.293 e. The number of hydrogen-bond donors (Lipinski definition) is 0. The summed E-state index contributed by atoms with van der Waals surface area (Å²) in [5.74, 6) is 0.381. The van der Waals surface area contributed by atoms with Crippen LogP contribution in [0, 0.1) is 6.92 Å². The van der Waals surface area contributed by atoms with E-state index in [1.54, 1.807) is 11.3 Å². The number of ketones is 1. The van der Waals surface area contributed by atoms with E-state index in [0.29, 0.717) is 5.78 Å². The van der Waals surface area contributed by atoms with Gasteiger partial charge in [0.25, 0.3) is 0 Å². The lowest BCUT2D eigenvalue weighted by Crippen LogP contribution is -1.95. The fourth-order valence-electron chi connectivity index (χ4n) is 4.57. The number of aryl methyl sites for hydroxylation is 2. The second kappa shape index (κ2) is 20.9. The molecule has 1 aromatic rings. The number of rotatable bonds is 23. The number of thiophene rings is 1. The van der Waals surface area contributed by atoms with E-state index in [0.717, 1.165) is 17.7 Å². The van der Waals surface area contributed by atoms with E-state index >= 15 is 0 Å². The van der Waals surface area contributed by atoms with Gasteiger partial charge in [-0.15, -0.1) is 11.3 Å². The number of carbonyl (C=O) groups excluding carboxylic acids is 1. The highest BCUT2D eigenvalue weighted by Crippen LogP contribution is 2.26. The second-order valence-corrected chi connectivity index (χ2v) is 11.1. The van der Waals surface area contributed by atoms with E-state index in [1.165, 1.54) is 139 Å². The zero-order valence-corrected chi connectivity index (χ0v) is 22.8. The maximum atomic E-state index is 12.6. The Labute approximate surface area is 205 Å². The molecule has 0 fully saturated rings. The standard InChI is InChI=1S/C30H54OS/c1-4-6-8-10-12-14-15-17-19-21-23-25-29-27(3)26-30(32-29)28(31)24-22-20-18-16-13-11-9-7-5-2/h26H,4-25H2,1-3H3. The van der Waals surface area contributed by atoms with E-state index in [2.05, 4.69) is 26.8 Å². The summed E-state index contributed by atoms with van der Waals surface area (Å²) in [5, 5.41) is 0. The third-order valence-corrected chi connectivity index (χ3v) is 8.15. The van der Waals surface area contributed by atoms with E-state index in [1.807, 2.05) is 0 Å². The van der Waals surface area contributed by atoms with Crippen molar-refractivity contribution in [2.24, 2.45) is 0 Å². The summed E-state index contributed by atoms with van der Waals surface area (Å²) in [4.78, 5) is 15.1. The molecular weight excluding hydrogens is 408 g/mol. The molecule has 0 atom stereocenters. The van der Waals surface area contributed by atoms with Crippen LogP contribution >= 0.6 is 11.3 Å². The van der Waals surface area contributed by atoms with Gasteiger partial charge in [-0.05, 0) is 37.8 Å². The van der Waals surface area contributed by atoms with Gasteiger partial charge in [0.1, 0.15) is 0 Å². The lowest BCUT2D eigenvalue weighted by Gasteiger charge is -2.03. The first kappa shape index (κ1) is 29.4. The van der Waals surface area contributed by atoms with Gasteiger partial charge in [0.2, 0.25) is 0 Å². The molecule has 0 saturated heterocycles. The summed E-state index contributed by atoms with van der Waals surface area (Å²) in [6.45, 7) is 6.75. The van der Waals surface area contributed by atoms with Crippen molar-refractivity contribution >= 4 is 17.1 Å². The van der Waals surface area contributed by atoms with Crippen molar-refractivity contribution in [1.29, 1.82) is 0 Å². The first-order valence-corrected chi connectivity index (χ1v) is 15.1. The van der Waals surface area contributed by atoms with Gasteiger partial charge in [-0.1, -0.05) is 129 Å². The van der Waals surface area contributed by atoms with Crippen molar-refractivity contribution in [3.8, 4) is 0 Å². The maximum Gasteiger partial charge on any atom is 0.172 e. The molecule has 1 heterocycles. The average molecular weight is 463 g/mol. The normalized spacial score (nSPS) is 11.3. The van der Waals surface area contributed by atoms with Gasteiger partial charge in [-0.25, -0.2) is 0 Å². The predicted octanol–water partition coefficient (Wildman–Crippen LogP) is 11.0. The number of unbranched alkanes of at least 4 members (excludes halogenated alkanes) is 18. The minimum atomic E-state index is 0.381. The molecule has 0 spiro atoms. The molecule has 0 bridgehead atoms. The Bertz CT molecular complexity index is 559. The van der Waals surface area contributed by atoms with Crippen LogP contribution < -0.4 is 0 Å². The van der Waals surface area contributed by atoms with E-state index in [4.69, 9.17) is 0 Å². The summed E-state index contributed by atoms with van der Waals surface area (Å²) in [7, 11) is 0. The van der Waals surface area contributed by atoms with Crippen LogP contribution in [0.15, 0.2) is 6.07 Å². The summed E-state index contributed by atoms with van der Waals surface area (Å²) >= 11 is 1.78. The first-order valence-electron chi connectivity index (χ1n) is 14.3. The third-order valence-electron chi connectivity index (χ3n) is 6.81. The molecule has 0 unspecified atom stereocenters. The van der Waals surface area contributed by atoms with Crippen LogP contribution in [0.2, 0.25) is 0 Å². The highest BCUT2D eigenvalue weighted by atomic mass is 32.1. The quantitative estimate of drug-likeness (QED) is 0.117. The van der Waals surface area contributed by atoms with Crippen LogP contribution in [0.3, 0.4) is 0 Å². The van der Waals surface area contributed by atoms with Gasteiger partial charge in [-0.3, -0.25) is 4.79 Å². The lowest BCUT2D eigenvalue weighted by molar-refractivity contribution is 0.0983. The molecule has 186 valence electrons. The Kier molecular flexibility index (Phi) is 19.2. The molecule has 1 aromatic heterocycles. The summed E-state index contributed by atoms with van der Waals surface area (Å²) in [6, 6.07) is 2.16. The summed E-state index contributed by atoms with van der Waals surface area (Å²) in [5.41, 5.74) is 1.34. The van der Waals surface area contributed by atoms with Crippen molar-refractivity contribution in [2.75, 3.05) is 0 Å². The minimum absolute atomic E-state index is 0.381. The molecule has 1 rings (SSSR count). The minimum Gasteiger partial charge on any atom is -0.293 e. The Hall–Kier alpha value is -0.630. The van der Waals surface area contributed by atoms with Crippen LogP contribution in [-0.4, -0.2) is 5.78 Å². The van der Waals surface area contributed by atoms with Crippen molar-refractivity contribution in [2.45, 2.75) is 162 Å². The van der Waals surface area contributed by atoms with Gasteiger partial charge in [0.05, 0.1) is 4.88 Å². The molecule has 0 aromatic carbocycles. The third kappa shape index (κ3) is 15.3. The fourth-order valence-corrected chi connectivity index (χ4v) is 5.76. The van der Waals surface area contributed by atoms with Crippen molar-refractivity contribution in [3.63, 3.8) is 0 Å². The molecule has 0 aliphatic heterocycles. The SMILES string of the molecule is CCCCCCCCCCCCCc1sc(C(=O)CCCCCCCCCCC)cc1C. The molecule has 0 N–H and O–H groups in total. The molecule has 0 amide bonds. The van der Waals surface area contributed by atoms with Crippen LogP contribution in [0.1, 0.15) is 169 Å². The summed E-state index contributed by atoms with van der Waals surface area (Å²) in [6.07, 6.45) is 29.0. The average Bonchev–Trinajstić information content (AvgIpc) is 3.16. The van der Waals surface area contributed by atoms with Gasteiger partial charge in [-0.2, -0.15) is 0 Å². The molecule has 0 radical (unpaired) electrons. The van der Waals surface area contributed by atoms with Crippen LogP contribution in [-0.2, 0) is 6.42 Å². The fraction of sp³-hybridized carbons (Fsp3) is 0.833. The van der Waals surface area contributed by atoms with Crippen LogP contribution in [0.25, 0.3) is 0 Å². The molecule has 2 heteroatoms. The zero-order chi connectivity index (χ0) is 23.3. The Morgan fingerprint density at radius 1 is 0.625 bits per heavy atom. The predicted molar refractivity (Wildman–Crippen MR) is 145 cm³/mol. The maximum absolute atomic E-state index is 12.6. The highest BCUT2D eigenvalue weighted by Gasteiger charge is 2.12. The Morgan fingerprint density at radius 2 is 1.03 bits per heavy atom. The van der Waals surface area contributed by atoms with Gasteiger partial charge < -0.3 is 0 Å². The molecule has 0 saturated carbocycles. The number of hydrogen-bond acceptors (Lipinski definition) is 2. The highest BCUT2D eigenvalue weighted by molar-refractivity contribution is 7.14. The molecule has 0 aliphatic rings. The molecular formula is C30H54OS. The molecule has 32 heavy (non-hydrogen) atoms. The van der Waals surface area contributed by atoms with Crippen LogP contribution in [0.4, 0.5) is 0 Å². The topological polar surface area (TPSA) is 17.1 Å². The summed E-state index contributed by atoms with van der Waals surface area (Å²) < 4.78 is 0. The Balaban J connectivity index is 2.05. The van der Waals surface area contributed by atoms with Crippen LogP contribution in [0.5, 0.6) is 0 Å². The Morgan fingerprint density at radius 3 is 1.50 bits per heavy atom. The number of carbonyl (C=O) groups is 1. The zero-order valence-electron chi connectivity index (χ0n) is 22.0.